The van der Waals surface area contributed by atoms with Crippen LogP contribution in [0.4, 0.5) is 0 Å². The average Bonchev–Trinajstić information content (AvgIpc) is 3.23. The van der Waals surface area contributed by atoms with Crippen LogP contribution in [0.25, 0.3) is 0 Å². The second kappa shape index (κ2) is 8.25. The Bertz CT molecular complexity index is 610. The number of ether oxygens (including phenoxy) is 1. The maximum Gasteiger partial charge on any atom is 0.0674 e. The maximum absolute atomic E-state index is 5.70. The first-order chi connectivity index (χ1) is 11.6. The molecule has 24 heavy (non-hydrogen) atoms. The number of morpholine rings is 1. The zero-order valence-electron chi connectivity index (χ0n) is 14.8. The number of nitrogens with zero attached hydrogens (tertiary/aromatic N) is 3. The van der Waals surface area contributed by atoms with Gasteiger partial charge in [0.2, 0.25) is 0 Å². The van der Waals surface area contributed by atoms with Crippen molar-refractivity contribution in [3.63, 3.8) is 0 Å². The van der Waals surface area contributed by atoms with Gasteiger partial charge in [0.05, 0.1) is 24.9 Å². The Hall–Kier alpha value is -1.21. The zero-order chi connectivity index (χ0) is 16.9. The molecule has 1 saturated heterocycles. The summed E-state index contributed by atoms with van der Waals surface area (Å²) in [5.41, 5.74) is 1.24. The highest BCUT2D eigenvalue weighted by Crippen LogP contribution is 2.26. The molecular weight excluding hydrogens is 320 g/mol. The lowest BCUT2D eigenvalue weighted by Gasteiger charge is -2.37. The van der Waals surface area contributed by atoms with Crippen molar-refractivity contribution in [2.75, 3.05) is 26.2 Å². The van der Waals surface area contributed by atoms with Gasteiger partial charge >= 0.3 is 0 Å². The highest BCUT2D eigenvalue weighted by Gasteiger charge is 2.26. The van der Waals surface area contributed by atoms with E-state index >= 15 is 0 Å². The van der Waals surface area contributed by atoms with Crippen LogP contribution in [0.5, 0.6) is 0 Å². The van der Waals surface area contributed by atoms with E-state index in [1.54, 1.807) is 0 Å². The molecule has 3 heterocycles. The molecule has 132 valence electrons. The van der Waals surface area contributed by atoms with Gasteiger partial charge in [-0.1, -0.05) is 6.07 Å². The average molecular weight is 349 g/mol. The van der Waals surface area contributed by atoms with E-state index in [1.165, 1.54) is 10.4 Å². The van der Waals surface area contributed by atoms with Gasteiger partial charge in [0.25, 0.3) is 0 Å². The van der Waals surface area contributed by atoms with E-state index in [1.807, 2.05) is 22.2 Å². The Morgan fingerprint density at radius 1 is 1.46 bits per heavy atom. The summed E-state index contributed by atoms with van der Waals surface area (Å²) in [6.45, 7) is 11.1. The van der Waals surface area contributed by atoms with Crippen LogP contribution in [0.1, 0.15) is 43.3 Å². The summed E-state index contributed by atoms with van der Waals surface area (Å²) in [7, 11) is 0. The Balaban J connectivity index is 1.59. The van der Waals surface area contributed by atoms with Gasteiger partial charge in [0.15, 0.2) is 0 Å². The van der Waals surface area contributed by atoms with Crippen molar-refractivity contribution in [2.45, 2.75) is 45.5 Å². The highest BCUT2D eigenvalue weighted by molar-refractivity contribution is 7.10. The zero-order valence-corrected chi connectivity index (χ0v) is 15.6. The van der Waals surface area contributed by atoms with Gasteiger partial charge in [-0.05, 0) is 32.2 Å². The molecule has 0 saturated carbocycles. The van der Waals surface area contributed by atoms with Gasteiger partial charge in [-0.2, -0.15) is 5.10 Å². The van der Waals surface area contributed by atoms with Crippen molar-refractivity contribution < 1.29 is 4.74 Å². The van der Waals surface area contributed by atoms with Gasteiger partial charge in [-0.15, -0.1) is 11.3 Å². The molecule has 1 aliphatic rings. The third-order valence-electron chi connectivity index (χ3n) is 4.44. The monoisotopic (exact) mass is 348 g/mol. The fourth-order valence-electron chi connectivity index (χ4n) is 3.12. The quantitative estimate of drug-likeness (QED) is 0.835. The lowest BCUT2D eigenvalue weighted by molar-refractivity contribution is -0.0339. The summed E-state index contributed by atoms with van der Waals surface area (Å²) in [6, 6.07) is 5.21. The Morgan fingerprint density at radius 2 is 2.33 bits per heavy atom. The van der Waals surface area contributed by atoms with E-state index in [2.05, 4.69) is 59.8 Å². The molecule has 1 aliphatic heterocycles. The Morgan fingerprint density at radius 3 is 3.00 bits per heavy atom. The minimum atomic E-state index is 0.311. The van der Waals surface area contributed by atoms with Gasteiger partial charge < -0.3 is 10.1 Å². The van der Waals surface area contributed by atoms with Crippen molar-refractivity contribution in [1.29, 1.82) is 0 Å². The lowest BCUT2D eigenvalue weighted by Crippen LogP contribution is -2.45. The van der Waals surface area contributed by atoms with Crippen molar-refractivity contribution in [3.8, 4) is 0 Å². The second-order valence-electron chi connectivity index (χ2n) is 6.76. The molecule has 0 amide bonds. The fourth-order valence-corrected chi connectivity index (χ4v) is 3.98. The standard InChI is InChI=1S/C18H28N4OS/c1-14(2)22-13-16(10-20-22)9-19-11-17(18-5-4-8-24-18)21-6-7-23-15(3)12-21/h4-5,8,10,13-15,17,19H,6-7,9,11-12H2,1-3H3/t15-,17-/m1/s1. The number of rotatable bonds is 7. The first-order valence-electron chi connectivity index (χ1n) is 8.76. The van der Waals surface area contributed by atoms with E-state index in [-0.39, 0.29) is 0 Å². The molecule has 1 fully saturated rings. The fraction of sp³-hybridized carbons (Fsp3) is 0.611. The molecule has 1 N–H and O–H groups in total. The van der Waals surface area contributed by atoms with Crippen LogP contribution in [-0.4, -0.2) is 47.0 Å². The number of hydrogen-bond acceptors (Lipinski definition) is 5. The summed E-state index contributed by atoms with van der Waals surface area (Å²) in [5.74, 6) is 0. The van der Waals surface area contributed by atoms with Crippen LogP contribution >= 0.6 is 11.3 Å². The summed E-state index contributed by atoms with van der Waals surface area (Å²) in [5, 5.41) is 10.2. The van der Waals surface area contributed by atoms with E-state index < -0.39 is 0 Å². The molecule has 0 aliphatic carbocycles. The van der Waals surface area contributed by atoms with Crippen molar-refractivity contribution in [3.05, 3.63) is 40.3 Å². The molecule has 0 spiro atoms. The van der Waals surface area contributed by atoms with Gasteiger partial charge in [0, 0.05) is 48.9 Å². The van der Waals surface area contributed by atoms with Crippen LogP contribution in [0.3, 0.4) is 0 Å². The predicted molar refractivity (Wildman–Crippen MR) is 98.4 cm³/mol. The van der Waals surface area contributed by atoms with Crippen molar-refractivity contribution in [1.82, 2.24) is 20.0 Å². The van der Waals surface area contributed by atoms with Crippen LogP contribution < -0.4 is 5.32 Å². The van der Waals surface area contributed by atoms with Crippen molar-refractivity contribution >= 4 is 11.3 Å². The first kappa shape index (κ1) is 17.6. The van der Waals surface area contributed by atoms with Crippen LogP contribution in [0.15, 0.2) is 29.9 Å². The highest BCUT2D eigenvalue weighted by atomic mass is 32.1. The molecule has 0 bridgehead atoms. The molecule has 0 radical (unpaired) electrons. The predicted octanol–water partition coefficient (Wildman–Crippen LogP) is 3.08. The number of thiophene rings is 1. The van der Waals surface area contributed by atoms with Crippen LogP contribution in [0, 0.1) is 0 Å². The minimum absolute atomic E-state index is 0.311. The number of nitrogens with one attached hydrogen (secondary N) is 1. The summed E-state index contributed by atoms with van der Waals surface area (Å²) < 4.78 is 7.72. The largest absolute Gasteiger partial charge is 0.376 e. The minimum Gasteiger partial charge on any atom is -0.376 e. The number of aromatic nitrogens is 2. The molecule has 3 rings (SSSR count). The van der Waals surface area contributed by atoms with Crippen LogP contribution in [-0.2, 0) is 11.3 Å². The second-order valence-corrected chi connectivity index (χ2v) is 7.74. The lowest BCUT2D eigenvalue weighted by atomic mass is 10.1. The normalized spacial score (nSPS) is 20.6. The SMILES string of the molecule is CC(C)n1cc(CNC[C@H](c2cccs2)N2CCO[C@H](C)C2)cn1. The Labute approximate surface area is 148 Å². The first-order valence-corrected chi connectivity index (χ1v) is 9.64. The van der Waals surface area contributed by atoms with E-state index in [0.717, 1.165) is 32.8 Å². The molecule has 0 aromatic carbocycles. The smallest absolute Gasteiger partial charge is 0.0674 e. The maximum atomic E-state index is 5.70. The van der Waals surface area contributed by atoms with Gasteiger partial charge in [-0.3, -0.25) is 9.58 Å². The summed E-state index contributed by atoms with van der Waals surface area (Å²) >= 11 is 1.84. The molecule has 2 atom stereocenters. The number of hydrogen-bond donors (Lipinski definition) is 1. The third kappa shape index (κ3) is 4.45. The molecule has 6 heteroatoms. The molecule has 2 aromatic rings. The van der Waals surface area contributed by atoms with Gasteiger partial charge in [0.1, 0.15) is 0 Å². The van der Waals surface area contributed by atoms with Crippen molar-refractivity contribution in [2.24, 2.45) is 0 Å². The third-order valence-corrected chi connectivity index (χ3v) is 5.41. The van der Waals surface area contributed by atoms with E-state index in [4.69, 9.17) is 4.74 Å². The van der Waals surface area contributed by atoms with Crippen LogP contribution in [0.2, 0.25) is 0 Å². The molecule has 2 aromatic heterocycles. The summed E-state index contributed by atoms with van der Waals surface area (Å²) in [4.78, 5) is 3.97. The molecule has 5 nitrogen and oxygen atoms in total. The molecular formula is C18H28N4OS. The van der Waals surface area contributed by atoms with Gasteiger partial charge in [-0.25, -0.2) is 0 Å². The topological polar surface area (TPSA) is 42.3 Å². The Kier molecular flexibility index (Phi) is 6.05. The van der Waals surface area contributed by atoms with E-state index in [0.29, 0.717) is 18.2 Å². The summed E-state index contributed by atoms with van der Waals surface area (Å²) in [6.07, 6.45) is 4.41. The molecule has 0 unspecified atom stereocenters. The van der Waals surface area contributed by atoms with E-state index in [9.17, 15) is 0 Å².